The van der Waals surface area contributed by atoms with Gasteiger partial charge < -0.3 is 9.64 Å². The molecule has 3 heterocycles. The van der Waals surface area contributed by atoms with Crippen molar-refractivity contribution >= 4 is 38.9 Å². The molecule has 2 aromatic heterocycles. The predicted octanol–water partition coefficient (Wildman–Crippen LogP) is 3.43. The van der Waals surface area contributed by atoms with Crippen LogP contribution in [0.2, 0.25) is 0 Å². The van der Waals surface area contributed by atoms with E-state index in [-0.39, 0.29) is 5.00 Å². The van der Waals surface area contributed by atoms with E-state index >= 15 is 0 Å². The second-order valence-corrected chi connectivity index (χ2v) is 5.71. The Hall–Kier alpha value is -2.19. The van der Waals surface area contributed by atoms with Crippen LogP contribution in [0.5, 0.6) is 0 Å². The first-order valence-electron chi connectivity index (χ1n) is 5.64. The lowest BCUT2D eigenvalue weighted by molar-refractivity contribution is -0.380. The van der Waals surface area contributed by atoms with E-state index in [1.807, 2.05) is 28.6 Å². The molecular weight excluding hydrogens is 298 g/mol. The van der Waals surface area contributed by atoms with Gasteiger partial charge in [-0.1, -0.05) is 11.3 Å². The summed E-state index contributed by atoms with van der Waals surface area (Å²) in [7, 11) is 0. The number of rotatable bonds is 4. The molecule has 0 aromatic carbocycles. The van der Waals surface area contributed by atoms with Gasteiger partial charge in [0, 0.05) is 23.2 Å². The maximum absolute atomic E-state index is 10.6. The van der Waals surface area contributed by atoms with E-state index in [0.717, 1.165) is 16.3 Å². The van der Waals surface area contributed by atoms with Gasteiger partial charge in [0.25, 0.3) is 0 Å². The molecule has 0 saturated heterocycles. The van der Waals surface area contributed by atoms with Gasteiger partial charge in [-0.15, -0.1) is 11.3 Å². The Labute approximate surface area is 122 Å². The zero-order valence-corrected chi connectivity index (χ0v) is 11.8. The number of anilines is 1. The van der Waals surface area contributed by atoms with Crippen molar-refractivity contribution < 1.29 is 9.66 Å². The normalized spacial score (nSPS) is 14.6. The number of aliphatic imine (C=N–C) groups is 1. The third-order valence-electron chi connectivity index (χ3n) is 2.53. The molecule has 1 aliphatic rings. The smallest absolute Gasteiger partial charge is 0.324 e. The van der Waals surface area contributed by atoms with Crippen molar-refractivity contribution in [3.8, 4) is 0 Å². The lowest BCUT2D eigenvalue weighted by Gasteiger charge is -2.08. The molecule has 3 rings (SSSR count). The van der Waals surface area contributed by atoms with Crippen LogP contribution in [-0.4, -0.2) is 17.9 Å². The van der Waals surface area contributed by atoms with E-state index in [9.17, 15) is 10.1 Å². The summed E-state index contributed by atoms with van der Waals surface area (Å²) in [5.41, 5.74) is 0.695. The highest BCUT2D eigenvalue weighted by Gasteiger charge is 2.15. The second kappa shape index (κ2) is 5.43. The van der Waals surface area contributed by atoms with Crippen LogP contribution in [0.25, 0.3) is 0 Å². The van der Waals surface area contributed by atoms with Crippen LogP contribution in [-0.2, 0) is 4.74 Å². The standard InChI is InChI=1S/C12H9N3O3S2/c16-15(17)12-4-9(7-20-12)5-13-10-6-14(8-18-10)11-2-1-3-19-11/h1-7H,8H2/b13-5+. The molecule has 0 amide bonds. The van der Waals surface area contributed by atoms with E-state index in [0.29, 0.717) is 18.2 Å². The predicted molar refractivity (Wildman–Crippen MR) is 79.4 cm³/mol. The van der Waals surface area contributed by atoms with Gasteiger partial charge in [-0.25, -0.2) is 4.99 Å². The van der Waals surface area contributed by atoms with Gasteiger partial charge >= 0.3 is 5.00 Å². The van der Waals surface area contributed by atoms with Crippen LogP contribution in [0.4, 0.5) is 10.0 Å². The van der Waals surface area contributed by atoms with Gasteiger partial charge in [-0.05, 0) is 17.5 Å². The highest BCUT2D eigenvalue weighted by molar-refractivity contribution is 7.14. The van der Waals surface area contributed by atoms with Crippen LogP contribution in [0.3, 0.4) is 0 Å². The molecular formula is C12H9N3O3S2. The summed E-state index contributed by atoms with van der Waals surface area (Å²) in [4.78, 5) is 16.3. The molecule has 2 aromatic rings. The molecule has 6 nitrogen and oxygen atoms in total. The van der Waals surface area contributed by atoms with Gasteiger partial charge in [0.2, 0.25) is 5.88 Å². The average molecular weight is 307 g/mol. The molecule has 0 bridgehead atoms. The minimum Gasteiger partial charge on any atom is -0.455 e. The zero-order valence-electron chi connectivity index (χ0n) is 10.1. The SMILES string of the molecule is O=[N+]([O-])c1cc(/C=N/C2=CN(c3cccs3)CO2)cs1. The lowest BCUT2D eigenvalue weighted by atomic mass is 10.4. The Morgan fingerprint density at radius 1 is 1.50 bits per heavy atom. The van der Waals surface area contributed by atoms with Crippen LogP contribution in [0.1, 0.15) is 5.56 Å². The maximum atomic E-state index is 10.6. The molecule has 0 fully saturated rings. The Kier molecular flexibility index (Phi) is 3.48. The zero-order chi connectivity index (χ0) is 13.9. The van der Waals surface area contributed by atoms with Crippen molar-refractivity contribution in [2.24, 2.45) is 4.99 Å². The highest BCUT2D eigenvalue weighted by Crippen LogP contribution is 2.26. The van der Waals surface area contributed by atoms with Crippen LogP contribution in [0.15, 0.2) is 46.0 Å². The van der Waals surface area contributed by atoms with Gasteiger partial charge in [0.05, 0.1) is 16.1 Å². The van der Waals surface area contributed by atoms with Gasteiger partial charge in [0.15, 0.2) is 6.73 Å². The van der Waals surface area contributed by atoms with Crippen LogP contribution >= 0.6 is 22.7 Å². The van der Waals surface area contributed by atoms with E-state index in [2.05, 4.69) is 4.99 Å². The van der Waals surface area contributed by atoms with Crippen molar-refractivity contribution in [1.82, 2.24) is 0 Å². The third-order valence-corrected chi connectivity index (χ3v) is 4.34. The summed E-state index contributed by atoms with van der Waals surface area (Å²) in [6.07, 6.45) is 3.37. The van der Waals surface area contributed by atoms with Crippen molar-refractivity contribution in [2.75, 3.05) is 11.6 Å². The molecule has 102 valence electrons. The fourth-order valence-corrected chi connectivity index (χ4v) is 2.99. The Morgan fingerprint density at radius 2 is 2.40 bits per heavy atom. The summed E-state index contributed by atoms with van der Waals surface area (Å²) < 4.78 is 5.43. The van der Waals surface area contributed by atoms with Crippen LogP contribution in [0, 0.1) is 10.1 Å². The van der Waals surface area contributed by atoms with Crippen LogP contribution < -0.4 is 4.90 Å². The minimum atomic E-state index is -0.411. The number of nitro groups is 1. The second-order valence-electron chi connectivity index (χ2n) is 3.90. The number of hydrogen-bond donors (Lipinski definition) is 0. The largest absolute Gasteiger partial charge is 0.455 e. The Balaban J connectivity index is 1.70. The number of thiophene rings is 2. The molecule has 0 atom stereocenters. The van der Waals surface area contributed by atoms with E-state index in [4.69, 9.17) is 4.74 Å². The fourth-order valence-electron chi connectivity index (χ4n) is 1.62. The summed E-state index contributed by atoms with van der Waals surface area (Å²) in [6.45, 7) is 0.428. The lowest BCUT2D eigenvalue weighted by Crippen LogP contribution is -2.10. The number of nitrogens with zero attached hydrogens (tertiary/aromatic N) is 3. The third kappa shape index (κ3) is 2.70. The van der Waals surface area contributed by atoms with E-state index < -0.39 is 4.92 Å². The molecule has 20 heavy (non-hydrogen) atoms. The van der Waals surface area contributed by atoms with Crippen molar-refractivity contribution in [2.45, 2.75) is 0 Å². The first-order valence-corrected chi connectivity index (χ1v) is 7.40. The first-order chi connectivity index (χ1) is 9.72. The van der Waals surface area contributed by atoms with Gasteiger partial charge in [-0.3, -0.25) is 10.1 Å². The molecule has 8 heteroatoms. The molecule has 0 radical (unpaired) electrons. The first kappa shape index (κ1) is 12.8. The Bertz CT molecular complexity index is 676. The summed E-state index contributed by atoms with van der Waals surface area (Å²) in [5, 5.41) is 15.5. The van der Waals surface area contributed by atoms with Crippen molar-refractivity contribution in [1.29, 1.82) is 0 Å². The maximum Gasteiger partial charge on any atom is 0.324 e. The summed E-state index contributed by atoms with van der Waals surface area (Å²) in [5.74, 6) is 0.493. The van der Waals surface area contributed by atoms with E-state index in [1.165, 1.54) is 6.07 Å². The van der Waals surface area contributed by atoms with Crippen molar-refractivity contribution in [3.63, 3.8) is 0 Å². The monoisotopic (exact) mass is 307 g/mol. The number of hydrogen-bond acceptors (Lipinski definition) is 7. The van der Waals surface area contributed by atoms with E-state index in [1.54, 1.807) is 22.9 Å². The van der Waals surface area contributed by atoms with Gasteiger partial charge in [0.1, 0.15) is 0 Å². The average Bonchev–Trinajstić information content (AvgIpc) is 3.17. The number of ether oxygens (including phenoxy) is 1. The quantitative estimate of drug-likeness (QED) is 0.493. The molecule has 0 saturated carbocycles. The van der Waals surface area contributed by atoms with Crippen molar-refractivity contribution in [3.05, 3.63) is 56.7 Å². The molecule has 1 aliphatic heterocycles. The topological polar surface area (TPSA) is 68.0 Å². The van der Waals surface area contributed by atoms with Gasteiger partial charge in [-0.2, -0.15) is 0 Å². The molecule has 0 spiro atoms. The summed E-state index contributed by atoms with van der Waals surface area (Å²) in [6, 6.07) is 5.46. The highest BCUT2D eigenvalue weighted by atomic mass is 32.1. The molecule has 0 N–H and O–H groups in total. The molecule has 0 unspecified atom stereocenters. The fraction of sp³-hybridized carbons (Fsp3) is 0.0833. The molecule has 0 aliphatic carbocycles. The summed E-state index contributed by atoms with van der Waals surface area (Å²) >= 11 is 2.70. The Morgan fingerprint density at radius 3 is 3.10 bits per heavy atom. The minimum absolute atomic E-state index is 0.105.